The molecule has 35 heavy (non-hydrogen) atoms. The molecule has 0 fully saturated rings. The Balaban J connectivity index is 1.41. The molecule has 0 saturated carbocycles. The van der Waals surface area contributed by atoms with Crippen LogP contribution in [0.5, 0.6) is 0 Å². The molecule has 5 aromatic rings. The second-order valence-corrected chi connectivity index (χ2v) is 9.29. The van der Waals surface area contributed by atoms with Crippen LogP contribution in [0.1, 0.15) is 28.2 Å². The van der Waals surface area contributed by atoms with Gasteiger partial charge in [-0.3, -0.25) is 4.79 Å². The average molecular weight is 499 g/mol. The molecule has 0 aliphatic carbocycles. The zero-order valence-corrected chi connectivity index (χ0v) is 20.3. The van der Waals surface area contributed by atoms with E-state index in [0.717, 1.165) is 38.4 Å². The molecule has 6 heteroatoms. The predicted molar refractivity (Wildman–Crippen MR) is 141 cm³/mol. The number of hydrogen-bond acceptors (Lipinski definition) is 3. The third-order valence-electron chi connectivity index (χ3n) is 6.15. The molecule has 1 unspecified atom stereocenters. The minimum absolute atomic E-state index is 0.158. The van der Waals surface area contributed by atoms with Crippen LogP contribution in [0.15, 0.2) is 83.5 Å². The Kier molecular flexibility index (Phi) is 6.21. The predicted octanol–water partition coefficient (Wildman–Crippen LogP) is 8.04. The summed E-state index contributed by atoms with van der Waals surface area (Å²) in [7, 11) is 0. The number of nitrogens with one attached hydrogen (secondary N) is 1. The van der Waals surface area contributed by atoms with E-state index in [1.54, 1.807) is 24.5 Å². The number of furan rings is 1. The number of fused-ring (bicyclic) bond motifs is 3. The molecule has 0 aliphatic heterocycles. The van der Waals surface area contributed by atoms with Crippen LogP contribution in [0.4, 0.5) is 5.69 Å². The Morgan fingerprint density at radius 3 is 2.60 bits per heavy atom. The molecule has 1 atom stereocenters. The van der Waals surface area contributed by atoms with Gasteiger partial charge in [0.1, 0.15) is 5.58 Å². The van der Waals surface area contributed by atoms with E-state index in [-0.39, 0.29) is 12.3 Å². The van der Waals surface area contributed by atoms with E-state index in [1.165, 1.54) is 0 Å². The number of benzene rings is 4. The smallest absolute Gasteiger partial charge is 0.228 e. The molecule has 4 aromatic carbocycles. The van der Waals surface area contributed by atoms with Gasteiger partial charge in [-0.2, -0.15) is 5.26 Å². The lowest BCUT2D eigenvalue weighted by molar-refractivity contribution is -0.115. The molecule has 1 N–H and O–H groups in total. The first-order valence-corrected chi connectivity index (χ1v) is 11.8. The highest BCUT2D eigenvalue weighted by atomic mass is 35.5. The van der Waals surface area contributed by atoms with Crippen LogP contribution in [-0.2, 0) is 11.2 Å². The summed E-state index contributed by atoms with van der Waals surface area (Å²) in [5, 5.41) is 16.9. The van der Waals surface area contributed by atoms with E-state index >= 15 is 0 Å². The van der Waals surface area contributed by atoms with Crippen molar-refractivity contribution in [3.8, 4) is 6.07 Å². The molecular formula is C29H20Cl2N2O2. The average Bonchev–Trinajstić information content (AvgIpc) is 3.26. The largest absolute Gasteiger partial charge is 0.464 e. The molecule has 0 bridgehead atoms. The number of nitriles is 1. The number of anilines is 1. The van der Waals surface area contributed by atoms with Gasteiger partial charge in [-0.15, -0.1) is 0 Å². The molecule has 5 rings (SSSR count). The lowest BCUT2D eigenvalue weighted by atomic mass is 9.91. The number of rotatable bonds is 5. The minimum Gasteiger partial charge on any atom is -0.464 e. The number of carbonyl (C=O) groups excluding carboxylic acids is 1. The Hall–Kier alpha value is -3.78. The molecule has 1 heterocycles. The maximum atomic E-state index is 13.0. The highest BCUT2D eigenvalue weighted by molar-refractivity contribution is 6.32. The van der Waals surface area contributed by atoms with E-state index in [2.05, 4.69) is 11.4 Å². The van der Waals surface area contributed by atoms with Gasteiger partial charge >= 0.3 is 0 Å². The topological polar surface area (TPSA) is 66.0 Å². The fourth-order valence-electron chi connectivity index (χ4n) is 4.41. The summed E-state index contributed by atoms with van der Waals surface area (Å²) in [6, 6.07) is 25.0. The molecule has 172 valence electrons. The molecule has 0 aliphatic rings. The van der Waals surface area contributed by atoms with Crippen molar-refractivity contribution in [2.45, 2.75) is 19.3 Å². The van der Waals surface area contributed by atoms with Gasteiger partial charge in [0.2, 0.25) is 5.91 Å². The zero-order valence-electron chi connectivity index (χ0n) is 18.8. The molecular weight excluding hydrogens is 479 g/mol. The normalized spacial score (nSPS) is 11.9. The summed E-state index contributed by atoms with van der Waals surface area (Å²) in [5.41, 5.74) is 4.47. The summed E-state index contributed by atoms with van der Waals surface area (Å²) < 4.78 is 5.71. The summed E-state index contributed by atoms with van der Waals surface area (Å²) in [6.45, 7) is 1.88. The van der Waals surface area contributed by atoms with E-state index in [0.29, 0.717) is 21.3 Å². The van der Waals surface area contributed by atoms with Crippen LogP contribution in [-0.4, -0.2) is 5.91 Å². The van der Waals surface area contributed by atoms with Crippen molar-refractivity contribution in [2.75, 3.05) is 5.32 Å². The van der Waals surface area contributed by atoms with Crippen LogP contribution in [0.2, 0.25) is 10.0 Å². The number of aryl methyl sites for hydroxylation is 1. The van der Waals surface area contributed by atoms with Crippen LogP contribution < -0.4 is 5.32 Å². The van der Waals surface area contributed by atoms with Gasteiger partial charge in [-0.1, -0.05) is 71.7 Å². The molecule has 0 saturated heterocycles. The van der Waals surface area contributed by atoms with Crippen molar-refractivity contribution in [1.82, 2.24) is 0 Å². The van der Waals surface area contributed by atoms with Crippen molar-refractivity contribution in [3.05, 3.63) is 111 Å². The van der Waals surface area contributed by atoms with Crippen molar-refractivity contribution < 1.29 is 9.21 Å². The third kappa shape index (κ3) is 4.49. The van der Waals surface area contributed by atoms with Gasteiger partial charge in [0.25, 0.3) is 0 Å². The van der Waals surface area contributed by atoms with Crippen molar-refractivity contribution in [1.29, 1.82) is 5.26 Å². The molecule has 1 aromatic heterocycles. The van der Waals surface area contributed by atoms with E-state index in [9.17, 15) is 10.1 Å². The highest BCUT2D eigenvalue weighted by Gasteiger charge is 2.20. The first-order valence-electron chi connectivity index (χ1n) is 11.1. The van der Waals surface area contributed by atoms with Crippen LogP contribution in [0, 0.1) is 18.3 Å². The monoisotopic (exact) mass is 498 g/mol. The minimum atomic E-state index is -0.547. The van der Waals surface area contributed by atoms with Gasteiger partial charge in [0.05, 0.1) is 24.7 Å². The summed E-state index contributed by atoms with van der Waals surface area (Å²) in [4.78, 5) is 13.0. The van der Waals surface area contributed by atoms with E-state index in [4.69, 9.17) is 27.6 Å². The van der Waals surface area contributed by atoms with Gasteiger partial charge in [0.15, 0.2) is 0 Å². The summed E-state index contributed by atoms with van der Waals surface area (Å²) >= 11 is 12.6. The Bertz CT molecular complexity index is 1610. The number of amides is 1. The van der Waals surface area contributed by atoms with E-state index < -0.39 is 5.92 Å². The standard InChI is InChI=1S/C29H20Cl2N2O2/c1-17-12-23(24(15-32)19-6-9-21(30)10-7-19)25(31)14-26(17)33-28(34)13-20-16-35-27-11-8-18-4-2-3-5-22(18)29(20)27/h2-12,14,16,24H,13H2,1H3,(H,33,34). The van der Waals surface area contributed by atoms with Gasteiger partial charge in [-0.25, -0.2) is 0 Å². The second kappa shape index (κ2) is 9.46. The van der Waals surface area contributed by atoms with Gasteiger partial charge < -0.3 is 9.73 Å². The highest BCUT2D eigenvalue weighted by Crippen LogP contribution is 2.35. The zero-order chi connectivity index (χ0) is 24.5. The summed E-state index contributed by atoms with van der Waals surface area (Å²) in [5.74, 6) is -0.726. The molecule has 0 spiro atoms. The lowest BCUT2D eigenvalue weighted by Gasteiger charge is -2.16. The maximum absolute atomic E-state index is 13.0. The number of halogens is 2. The van der Waals surface area contributed by atoms with Crippen molar-refractivity contribution in [2.24, 2.45) is 0 Å². The SMILES string of the molecule is Cc1cc(C(C#N)c2ccc(Cl)cc2)c(Cl)cc1NC(=O)Cc1coc2ccc3ccccc3c12. The van der Waals surface area contributed by atoms with Gasteiger partial charge in [-0.05, 0) is 58.7 Å². The molecule has 0 radical (unpaired) electrons. The van der Waals surface area contributed by atoms with Crippen molar-refractivity contribution >= 4 is 56.5 Å². The van der Waals surface area contributed by atoms with Gasteiger partial charge in [0, 0.05) is 26.7 Å². The third-order valence-corrected chi connectivity index (χ3v) is 6.73. The number of carbonyl (C=O) groups is 1. The Morgan fingerprint density at radius 2 is 1.83 bits per heavy atom. The quantitative estimate of drug-likeness (QED) is 0.266. The molecule has 4 nitrogen and oxygen atoms in total. The number of nitrogens with zero attached hydrogens (tertiary/aromatic N) is 1. The first-order chi connectivity index (χ1) is 16.9. The van der Waals surface area contributed by atoms with Crippen LogP contribution in [0.25, 0.3) is 21.7 Å². The van der Waals surface area contributed by atoms with E-state index in [1.807, 2.05) is 61.5 Å². The van der Waals surface area contributed by atoms with Crippen LogP contribution in [0.3, 0.4) is 0 Å². The van der Waals surface area contributed by atoms with Crippen molar-refractivity contribution in [3.63, 3.8) is 0 Å². The molecule has 1 amide bonds. The Morgan fingerprint density at radius 1 is 1.06 bits per heavy atom. The Labute approximate surface area is 212 Å². The number of hydrogen-bond donors (Lipinski definition) is 1. The fraction of sp³-hybridized carbons (Fsp3) is 0.103. The van der Waals surface area contributed by atoms with Crippen LogP contribution >= 0.6 is 23.2 Å². The fourth-order valence-corrected chi connectivity index (χ4v) is 4.81. The maximum Gasteiger partial charge on any atom is 0.228 e. The summed E-state index contributed by atoms with van der Waals surface area (Å²) in [6.07, 6.45) is 1.80. The lowest BCUT2D eigenvalue weighted by Crippen LogP contribution is -2.15. The second-order valence-electron chi connectivity index (χ2n) is 8.45. The first kappa shape index (κ1) is 23.0.